The van der Waals surface area contributed by atoms with E-state index in [2.05, 4.69) is 11.6 Å². The number of piperidine rings is 1. The Bertz CT molecular complexity index is 1200. The molecule has 4 rings (SSSR count). The second-order valence-corrected chi connectivity index (χ2v) is 9.04. The number of nitrogens with zero attached hydrogens (tertiary/aromatic N) is 3. The molecule has 0 saturated carbocycles. The molecular weight excluding hydrogens is 461 g/mol. The summed E-state index contributed by atoms with van der Waals surface area (Å²) in [5.41, 5.74) is 0.826. The Morgan fingerprint density at radius 3 is 2.67 bits per heavy atom. The molecule has 2 aliphatic rings. The minimum absolute atomic E-state index is 0.141. The highest BCUT2D eigenvalue weighted by Gasteiger charge is 2.34. The number of Topliss-reactive ketones (excluding diaryl/α,β-unsaturated/α-hetero) is 1. The summed E-state index contributed by atoms with van der Waals surface area (Å²) >= 11 is 0. The maximum atomic E-state index is 14.7. The average molecular weight is 494 g/mol. The van der Waals surface area contributed by atoms with Crippen molar-refractivity contribution in [1.82, 2.24) is 9.88 Å². The van der Waals surface area contributed by atoms with Gasteiger partial charge < -0.3 is 19.3 Å². The SMILES string of the molecule is C=C(CC)C(=O)c1ccc(N2CCOc3cc(C(=O)N4CCC(F)(/C=C/C)CC4)cnc32)cc1OC. The fraction of sp³-hybridized carbons (Fsp3) is 0.393. The van der Waals surface area contributed by atoms with Crippen LogP contribution in [0.2, 0.25) is 0 Å². The van der Waals surface area contributed by atoms with Crippen LogP contribution >= 0.6 is 0 Å². The number of allylic oxidation sites excluding steroid dienone is 3. The van der Waals surface area contributed by atoms with Gasteiger partial charge in [-0.1, -0.05) is 25.7 Å². The topological polar surface area (TPSA) is 72.0 Å². The summed E-state index contributed by atoms with van der Waals surface area (Å²) < 4.78 is 26.1. The summed E-state index contributed by atoms with van der Waals surface area (Å²) in [5, 5.41) is 0. The van der Waals surface area contributed by atoms with Crippen LogP contribution in [0.4, 0.5) is 15.9 Å². The van der Waals surface area contributed by atoms with Gasteiger partial charge in [-0.25, -0.2) is 9.37 Å². The van der Waals surface area contributed by atoms with E-state index in [1.807, 2.05) is 17.9 Å². The molecule has 0 spiro atoms. The first-order valence-corrected chi connectivity index (χ1v) is 12.2. The van der Waals surface area contributed by atoms with Crippen molar-refractivity contribution in [3.8, 4) is 11.5 Å². The first-order chi connectivity index (χ1) is 17.3. The van der Waals surface area contributed by atoms with Gasteiger partial charge in [0.1, 0.15) is 18.0 Å². The number of amides is 1. The number of pyridine rings is 1. The fourth-order valence-corrected chi connectivity index (χ4v) is 4.58. The third kappa shape index (κ3) is 4.98. The lowest BCUT2D eigenvalue weighted by atomic mass is 9.92. The zero-order valence-corrected chi connectivity index (χ0v) is 21.1. The van der Waals surface area contributed by atoms with E-state index in [0.29, 0.717) is 66.7 Å². The number of likely N-dealkylation sites (tertiary alicyclic amines) is 1. The molecule has 0 atom stereocenters. The van der Waals surface area contributed by atoms with Gasteiger partial charge in [-0.3, -0.25) is 9.59 Å². The van der Waals surface area contributed by atoms with E-state index in [1.54, 1.807) is 42.2 Å². The van der Waals surface area contributed by atoms with Gasteiger partial charge in [0.25, 0.3) is 5.91 Å². The van der Waals surface area contributed by atoms with Crippen LogP contribution in [0.1, 0.15) is 53.8 Å². The van der Waals surface area contributed by atoms with E-state index >= 15 is 0 Å². The minimum atomic E-state index is -1.35. The molecule has 0 N–H and O–H groups in total. The Kier molecular flexibility index (Phi) is 7.43. The minimum Gasteiger partial charge on any atom is -0.496 e. The van der Waals surface area contributed by atoms with E-state index in [0.717, 1.165) is 5.69 Å². The van der Waals surface area contributed by atoms with Crippen LogP contribution in [0.25, 0.3) is 0 Å². The van der Waals surface area contributed by atoms with Crippen LogP contribution < -0.4 is 14.4 Å². The zero-order valence-electron chi connectivity index (χ0n) is 21.1. The van der Waals surface area contributed by atoms with Gasteiger partial charge in [0, 0.05) is 43.9 Å². The summed E-state index contributed by atoms with van der Waals surface area (Å²) in [6, 6.07) is 7.07. The normalized spacial score (nSPS) is 16.9. The number of carbonyl (C=O) groups excluding carboxylic acids is 2. The molecule has 8 heteroatoms. The summed E-state index contributed by atoms with van der Waals surface area (Å²) in [5.74, 6) is 1.20. The second-order valence-electron chi connectivity index (χ2n) is 9.04. The molecule has 7 nitrogen and oxygen atoms in total. The average Bonchev–Trinajstić information content (AvgIpc) is 2.91. The number of alkyl halides is 1. The lowest BCUT2D eigenvalue weighted by molar-refractivity contribution is 0.0573. The molecular formula is C28H32FN3O4. The van der Waals surface area contributed by atoms with Gasteiger partial charge in [0.15, 0.2) is 17.4 Å². The van der Waals surface area contributed by atoms with Crippen LogP contribution in [-0.2, 0) is 0 Å². The number of methoxy groups -OCH3 is 1. The molecule has 0 unspecified atom stereocenters. The monoisotopic (exact) mass is 493 g/mol. The Hall–Kier alpha value is -3.68. The van der Waals surface area contributed by atoms with Gasteiger partial charge >= 0.3 is 0 Å². The molecule has 0 bridgehead atoms. The molecule has 1 aromatic heterocycles. The highest BCUT2D eigenvalue weighted by Crippen LogP contribution is 2.38. The highest BCUT2D eigenvalue weighted by molar-refractivity contribution is 6.10. The largest absolute Gasteiger partial charge is 0.496 e. The lowest BCUT2D eigenvalue weighted by Gasteiger charge is -2.35. The number of rotatable bonds is 7. The van der Waals surface area contributed by atoms with E-state index in [-0.39, 0.29) is 24.5 Å². The zero-order chi connectivity index (χ0) is 25.9. The number of hydrogen-bond donors (Lipinski definition) is 0. The third-order valence-corrected chi connectivity index (χ3v) is 6.74. The fourth-order valence-electron chi connectivity index (χ4n) is 4.58. The van der Waals surface area contributed by atoms with Crippen molar-refractivity contribution in [1.29, 1.82) is 0 Å². The first kappa shape index (κ1) is 25.4. The lowest BCUT2D eigenvalue weighted by Crippen LogP contribution is -2.43. The molecule has 0 radical (unpaired) electrons. The standard InChI is InChI=1S/C28H32FN3O4/c1-5-9-28(29)10-12-31(13-11-28)27(34)20-16-24-26(30-18-20)32(14-15-36-24)21-7-8-22(23(17-21)35-4)25(33)19(3)6-2/h5,7-9,16-18H,3,6,10-15H2,1-2,4H3/b9-5+. The van der Waals surface area contributed by atoms with Gasteiger partial charge in [0.2, 0.25) is 0 Å². The molecule has 190 valence electrons. The number of benzene rings is 1. The van der Waals surface area contributed by atoms with Crippen molar-refractivity contribution in [2.45, 2.75) is 38.8 Å². The molecule has 0 aliphatic carbocycles. The van der Waals surface area contributed by atoms with Gasteiger partial charge in [0.05, 0.1) is 24.8 Å². The Labute approximate surface area is 211 Å². The van der Waals surface area contributed by atoms with E-state index in [1.165, 1.54) is 13.3 Å². The molecule has 3 heterocycles. The maximum absolute atomic E-state index is 14.7. The summed E-state index contributed by atoms with van der Waals surface area (Å²) in [7, 11) is 1.53. The molecule has 1 amide bonds. The number of fused-ring (bicyclic) bond motifs is 1. The molecule has 2 aliphatic heterocycles. The third-order valence-electron chi connectivity index (χ3n) is 6.74. The van der Waals surface area contributed by atoms with Crippen molar-refractivity contribution in [2.24, 2.45) is 0 Å². The van der Waals surface area contributed by atoms with Gasteiger partial charge in [-0.05, 0) is 37.1 Å². The van der Waals surface area contributed by atoms with E-state index < -0.39 is 5.67 Å². The molecule has 2 aromatic rings. The van der Waals surface area contributed by atoms with Crippen LogP contribution in [0.3, 0.4) is 0 Å². The van der Waals surface area contributed by atoms with E-state index in [9.17, 15) is 14.0 Å². The summed E-state index contributed by atoms with van der Waals surface area (Å²) in [4.78, 5) is 33.9. The van der Waals surface area contributed by atoms with Crippen molar-refractivity contribution in [3.63, 3.8) is 0 Å². The molecule has 1 saturated heterocycles. The summed E-state index contributed by atoms with van der Waals surface area (Å²) in [6.07, 6.45) is 5.95. The number of ether oxygens (including phenoxy) is 2. The smallest absolute Gasteiger partial charge is 0.255 e. The van der Waals surface area contributed by atoms with Gasteiger partial charge in [-0.2, -0.15) is 0 Å². The number of ketones is 1. The number of hydrogen-bond acceptors (Lipinski definition) is 6. The predicted octanol–water partition coefficient (Wildman–Crippen LogP) is 5.29. The molecule has 1 fully saturated rings. The number of anilines is 2. The Balaban J connectivity index is 1.56. The van der Waals surface area contributed by atoms with Crippen LogP contribution in [0, 0.1) is 0 Å². The summed E-state index contributed by atoms with van der Waals surface area (Å²) in [6.45, 7) is 9.17. The van der Waals surface area contributed by atoms with Crippen LogP contribution in [0.15, 0.2) is 54.8 Å². The second kappa shape index (κ2) is 10.5. The predicted molar refractivity (Wildman–Crippen MR) is 137 cm³/mol. The quantitative estimate of drug-likeness (QED) is 0.297. The first-order valence-electron chi connectivity index (χ1n) is 12.2. The van der Waals surface area contributed by atoms with Crippen LogP contribution in [0.5, 0.6) is 11.5 Å². The van der Waals surface area contributed by atoms with Gasteiger partial charge in [-0.15, -0.1) is 0 Å². The van der Waals surface area contributed by atoms with Crippen molar-refractivity contribution in [3.05, 3.63) is 65.9 Å². The van der Waals surface area contributed by atoms with Crippen molar-refractivity contribution >= 4 is 23.2 Å². The number of aromatic nitrogens is 1. The van der Waals surface area contributed by atoms with E-state index in [4.69, 9.17) is 9.47 Å². The Morgan fingerprint density at radius 2 is 2.00 bits per heavy atom. The van der Waals surface area contributed by atoms with Crippen LogP contribution in [-0.4, -0.2) is 60.6 Å². The Morgan fingerprint density at radius 1 is 1.25 bits per heavy atom. The highest BCUT2D eigenvalue weighted by atomic mass is 19.1. The van der Waals surface area contributed by atoms with Crippen molar-refractivity contribution < 1.29 is 23.5 Å². The van der Waals surface area contributed by atoms with Crippen molar-refractivity contribution in [2.75, 3.05) is 38.3 Å². The molecule has 1 aromatic carbocycles. The maximum Gasteiger partial charge on any atom is 0.255 e. The number of halogens is 1. The molecule has 36 heavy (non-hydrogen) atoms. The number of carbonyl (C=O) groups is 2.